The average Bonchev–Trinajstić information content (AvgIpc) is 2.36. The number of hydrogen-bond acceptors (Lipinski definition) is 6. The average molecular weight is 316 g/mol. The van der Waals surface area contributed by atoms with Crippen LogP contribution in [0.2, 0.25) is 0 Å². The predicted molar refractivity (Wildman–Crippen MR) is 81.2 cm³/mol. The lowest BCUT2D eigenvalue weighted by Gasteiger charge is -2.24. The molecule has 0 radical (unpaired) electrons. The molecule has 1 heterocycles. The number of carbonyl (C=O) groups excluding carboxylic acids is 1. The van der Waals surface area contributed by atoms with Crippen LogP contribution in [0, 0.1) is 0 Å². The number of hydrogen-bond donors (Lipinski definition) is 4. The maximum atomic E-state index is 11.1. The van der Waals surface area contributed by atoms with Crippen LogP contribution in [0.1, 0.15) is 58.3 Å². The molecule has 4 atom stereocenters. The van der Waals surface area contributed by atoms with Crippen molar-refractivity contribution in [3.63, 3.8) is 0 Å². The second-order valence-corrected chi connectivity index (χ2v) is 6.06. The van der Waals surface area contributed by atoms with Gasteiger partial charge in [-0.25, -0.2) is 4.79 Å². The third-order valence-electron chi connectivity index (χ3n) is 3.77. The van der Waals surface area contributed by atoms with E-state index in [1.165, 1.54) is 0 Å². The molecule has 0 spiro atoms. The van der Waals surface area contributed by atoms with Gasteiger partial charge in [0.05, 0.1) is 24.4 Å². The van der Waals surface area contributed by atoms with Crippen LogP contribution in [0.5, 0.6) is 0 Å². The number of aliphatic hydroxyl groups is 4. The summed E-state index contributed by atoms with van der Waals surface area (Å²) < 4.78 is 4.99. The van der Waals surface area contributed by atoms with Crippen molar-refractivity contribution < 1.29 is 30.0 Å². The molecule has 1 rings (SSSR count). The Morgan fingerprint density at radius 1 is 1.18 bits per heavy atom. The van der Waals surface area contributed by atoms with E-state index >= 15 is 0 Å². The Balaban J connectivity index is 2.24. The summed E-state index contributed by atoms with van der Waals surface area (Å²) in [6, 6.07) is 0. The number of ether oxygens (including phenoxy) is 1. The number of esters is 1. The predicted octanol–water partition coefficient (Wildman–Crippen LogP) is 1.58. The first kappa shape index (κ1) is 18.9. The van der Waals surface area contributed by atoms with E-state index in [0.29, 0.717) is 6.42 Å². The fraction of sp³-hybridized carbons (Fsp3) is 0.812. The van der Waals surface area contributed by atoms with E-state index in [1.54, 1.807) is 0 Å². The Morgan fingerprint density at radius 3 is 2.50 bits per heavy atom. The SMILES string of the molecule is CCCCCC(O)CC(O)CC(O)CC1CC(O)=CC(=O)O1. The zero-order valence-electron chi connectivity index (χ0n) is 13.1. The summed E-state index contributed by atoms with van der Waals surface area (Å²) in [4.78, 5) is 11.1. The Hall–Kier alpha value is -1.11. The molecular weight excluding hydrogens is 288 g/mol. The van der Waals surface area contributed by atoms with Gasteiger partial charge in [0.1, 0.15) is 11.9 Å². The molecule has 0 aromatic carbocycles. The van der Waals surface area contributed by atoms with Gasteiger partial charge >= 0.3 is 5.97 Å². The maximum absolute atomic E-state index is 11.1. The molecule has 6 nitrogen and oxygen atoms in total. The van der Waals surface area contributed by atoms with Gasteiger partial charge in [-0.3, -0.25) is 0 Å². The molecule has 22 heavy (non-hydrogen) atoms. The molecule has 1 aliphatic rings. The summed E-state index contributed by atoms with van der Waals surface area (Å²) in [7, 11) is 0. The lowest BCUT2D eigenvalue weighted by Crippen LogP contribution is -2.30. The summed E-state index contributed by atoms with van der Waals surface area (Å²) in [6.07, 6.45) is 2.64. The zero-order valence-corrected chi connectivity index (χ0v) is 13.1. The Bertz CT molecular complexity index is 368. The van der Waals surface area contributed by atoms with E-state index in [9.17, 15) is 25.2 Å². The van der Waals surface area contributed by atoms with Gasteiger partial charge in [0.15, 0.2) is 0 Å². The molecule has 0 fully saturated rings. The number of cyclic esters (lactones) is 1. The third kappa shape index (κ3) is 7.77. The first-order chi connectivity index (χ1) is 10.4. The van der Waals surface area contributed by atoms with E-state index in [2.05, 4.69) is 6.92 Å². The largest absolute Gasteiger partial charge is 0.512 e. The standard InChI is InChI=1S/C16H28O6/c1-2-3-4-5-11(17)6-12(18)7-13(19)8-15-9-14(20)10-16(21)22-15/h10-13,15,17-20H,2-9H2,1H3. The summed E-state index contributed by atoms with van der Waals surface area (Å²) in [5.41, 5.74) is 0. The highest BCUT2D eigenvalue weighted by atomic mass is 16.5. The molecule has 0 aliphatic carbocycles. The monoisotopic (exact) mass is 316 g/mol. The highest BCUT2D eigenvalue weighted by Gasteiger charge is 2.25. The van der Waals surface area contributed by atoms with Crippen molar-refractivity contribution in [2.24, 2.45) is 0 Å². The molecule has 0 aromatic heterocycles. The Labute approximate surface area is 131 Å². The van der Waals surface area contributed by atoms with Crippen molar-refractivity contribution >= 4 is 5.97 Å². The number of rotatable bonds is 10. The number of aliphatic hydroxyl groups excluding tert-OH is 4. The molecule has 6 heteroatoms. The van der Waals surface area contributed by atoms with Gasteiger partial charge in [-0.05, 0) is 19.3 Å². The van der Waals surface area contributed by atoms with E-state index in [4.69, 9.17) is 4.74 Å². The molecule has 1 aliphatic heterocycles. The van der Waals surface area contributed by atoms with Crippen LogP contribution >= 0.6 is 0 Å². The van der Waals surface area contributed by atoms with Crippen molar-refractivity contribution in [3.8, 4) is 0 Å². The van der Waals surface area contributed by atoms with E-state index in [-0.39, 0.29) is 31.4 Å². The van der Waals surface area contributed by atoms with Crippen LogP contribution in [-0.4, -0.2) is 50.8 Å². The first-order valence-corrected chi connectivity index (χ1v) is 8.05. The lowest BCUT2D eigenvalue weighted by atomic mass is 9.97. The molecular formula is C16H28O6. The van der Waals surface area contributed by atoms with Gasteiger partial charge in [-0.1, -0.05) is 26.2 Å². The molecule has 0 bridgehead atoms. The van der Waals surface area contributed by atoms with Crippen molar-refractivity contribution in [2.45, 2.75) is 82.7 Å². The summed E-state index contributed by atoms with van der Waals surface area (Å²) in [6.45, 7) is 2.09. The molecule has 0 saturated carbocycles. The second-order valence-electron chi connectivity index (χ2n) is 6.06. The van der Waals surface area contributed by atoms with Crippen LogP contribution < -0.4 is 0 Å². The topological polar surface area (TPSA) is 107 Å². The van der Waals surface area contributed by atoms with Gasteiger partial charge < -0.3 is 25.2 Å². The Kier molecular flexibility index (Phi) is 8.45. The van der Waals surface area contributed by atoms with E-state index in [1.807, 2.05) is 0 Å². The minimum absolute atomic E-state index is 0.0552. The van der Waals surface area contributed by atoms with Crippen LogP contribution in [0.25, 0.3) is 0 Å². The highest BCUT2D eigenvalue weighted by molar-refractivity contribution is 5.83. The Morgan fingerprint density at radius 2 is 1.86 bits per heavy atom. The summed E-state index contributed by atoms with van der Waals surface area (Å²) in [5, 5.41) is 39.0. The van der Waals surface area contributed by atoms with Crippen LogP contribution in [0.4, 0.5) is 0 Å². The van der Waals surface area contributed by atoms with Gasteiger partial charge in [-0.15, -0.1) is 0 Å². The first-order valence-electron chi connectivity index (χ1n) is 8.05. The van der Waals surface area contributed by atoms with Gasteiger partial charge in [0.2, 0.25) is 0 Å². The minimum Gasteiger partial charge on any atom is -0.512 e. The summed E-state index contributed by atoms with van der Waals surface area (Å²) in [5.74, 6) is -0.673. The fourth-order valence-electron chi connectivity index (χ4n) is 2.67. The van der Waals surface area contributed by atoms with Crippen molar-refractivity contribution in [1.82, 2.24) is 0 Å². The maximum Gasteiger partial charge on any atom is 0.334 e. The lowest BCUT2D eigenvalue weighted by molar-refractivity contribution is -0.146. The van der Waals surface area contributed by atoms with Crippen molar-refractivity contribution in [3.05, 3.63) is 11.8 Å². The van der Waals surface area contributed by atoms with Crippen LogP contribution in [0.15, 0.2) is 11.8 Å². The zero-order chi connectivity index (χ0) is 16.5. The number of carbonyl (C=O) groups is 1. The fourth-order valence-corrected chi connectivity index (χ4v) is 2.67. The van der Waals surface area contributed by atoms with E-state index in [0.717, 1.165) is 25.3 Å². The van der Waals surface area contributed by atoms with Crippen molar-refractivity contribution in [1.29, 1.82) is 0 Å². The molecule has 4 unspecified atom stereocenters. The molecule has 128 valence electrons. The van der Waals surface area contributed by atoms with E-state index < -0.39 is 30.4 Å². The smallest absolute Gasteiger partial charge is 0.334 e. The van der Waals surface area contributed by atoms with Crippen LogP contribution in [-0.2, 0) is 9.53 Å². The molecule has 4 N–H and O–H groups in total. The minimum atomic E-state index is -0.846. The quantitative estimate of drug-likeness (QED) is 0.360. The molecule has 0 saturated heterocycles. The van der Waals surface area contributed by atoms with Gasteiger partial charge in [0, 0.05) is 12.8 Å². The van der Waals surface area contributed by atoms with Crippen LogP contribution in [0.3, 0.4) is 0 Å². The molecule has 0 amide bonds. The third-order valence-corrected chi connectivity index (χ3v) is 3.77. The molecule has 0 aromatic rings. The summed E-state index contributed by atoms with van der Waals surface area (Å²) >= 11 is 0. The van der Waals surface area contributed by atoms with Gasteiger partial charge in [-0.2, -0.15) is 0 Å². The number of unbranched alkanes of at least 4 members (excludes halogenated alkanes) is 2. The normalized spacial score (nSPS) is 22.6. The highest BCUT2D eigenvalue weighted by Crippen LogP contribution is 2.20. The van der Waals surface area contributed by atoms with Gasteiger partial charge in [0.25, 0.3) is 0 Å². The second kappa shape index (κ2) is 9.82. The van der Waals surface area contributed by atoms with Crippen molar-refractivity contribution in [2.75, 3.05) is 0 Å².